The van der Waals surface area contributed by atoms with Crippen molar-refractivity contribution in [2.24, 2.45) is 17.8 Å². The molecule has 7 rings (SSSR count). The van der Waals surface area contributed by atoms with Crippen LogP contribution in [0, 0.1) is 17.8 Å². The number of imidazole rings is 1. The van der Waals surface area contributed by atoms with Crippen LogP contribution >= 0.6 is 0 Å². The average Bonchev–Trinajstić information content (AvgIpc) is 3.48. The first-order valence-electron chi connectivity index (χ1n) is 16.8. The van der Waals surface area contributed by atoms with Gasteiger partial charge >= 0.3 is 0 Å². The van der Waals surface area contributed by atoms with Crippen molar-refractivity contribution in [3.05, 3.63) is 30.1 Å². The lowest BCUT2D eigenvalue weighted by Crippen LogP contribution is -2.58. The van der Waals surface area contributed by atoms with Gasteiger partial charge in [-0.25, -0.2) is 18.1 Å². The van der Waals surface area contributed by atoms with Gasteiger partial charge in [0.1, 0.15) is 5.82 Å². The summed E-state index contributed by atoms with van der Waals surface area (Å²) in [6.45, 7) is 3.35. The molecule has 5 fully saturated rings. The van der Waals surface area contributed by atoms with Crippen LogP contribution in [0.15, 0.2) is 24.3 Å². The molecule has 0 radical (unpaired) electrons. The predicted octanol–water partition coefficient (Wildman–Crippen LogP) is 5.37. The molecule has 4 bridgehead atoms. The van der Waals surface area contributed by atoms with Gasteiger partial charge in [0, 0.05) is 50.2 Å². The number of sulfonamides is 1. The standard InChI is InChI=1S/C33H51N5O2S/c1-41(39,40)34-14-16-36-15-13-26(23-36)20-33-35-31-11-4-5-12-32(31)38(33)30-21-27-9-6-10-28(22-30)37(27)29-18-24-7-2-3-8-25(17-24)19-29/h4-5,11-12,24-30,34H,2-3,6-10,13-23H2,1H3. The largest absolute Gasteiger partial charge is 0.325 e. The van der Waals surface area contributed by atoms with E-state index in [-0.39, 0.29) is 0 Å². The first-order chi connectivity index (χ1) is 19.9. The van der Waals surface area contributed by atoms with Crippen molar-refractivity contribution in [2.45, 2.75) is 114 Å². The third-order valence-electron chi connectivity index (χ3n) is 11.4. The Morgan fingerprint density at radius 2 is 1.59 bits per heavy atom. The third kappa shape index (κ3) is 6.27. The second-order valence-electron chi connectivity index (χ2n) is 14.4. The fraction of sp³-hybridized carbons (Fsp3) is 0.788. The van der Waals surface area contributed by atoms with Crippen molar-refractivity contribution in [1.82, 2.24) is 24.1 Å². The molecule has 5 unspecified atom stereocenters. The minimum Gasteiger partial charge on any atom is -0.325 e. The molecule has 3 aliphatic heterocycles. The molecule has 7 nitrogen and oxygen atoms in total. The van der Waals surface area contributed by atoms with E-state index in [1.807, 2.05) is 0 Å². The number of nitrogens with zero attached hydrogens (tertiary/aromatic N) is 4. The maximum atomic E-state index is 11.5. The summed E-state index contributed by atoms with van der Waals surface area (Å²) >= 11 is 0. The molecule has 0 amide bonds. The summed E-state index contributed by atoms with van der Waals surface area (Å²) in [5, 5.41) is 0. The summed E-state index contributed by atoms with van der Waals surface area (Å²) in [5.74, 6) is 3.83. The van der Waals surface area contributed by atoms with Crippen LogP contribution in [0.5, 0.6) is 0 Å². The van der Waals surface area contributed by atoms with E-state index >= 15 is 0 Å². The topological polar surface area (TPSA) is 70.5 Å². The SMILES string of the molecule is CS(=O)(=O)NCCN1CCC(Cc2nc3ccccc3n2C2CC3CCCC(C2)N3C2CC3CCCCC(C3)C2)C1. The Kier molecular flexibility index (Phi) is 8.21. The molecule has 226 valence electrons. The highest BCUT2D eigenvalue weighted by Gasteiger charge is 2.45. The number of hydrogen-bond acceptors (Lipinski definition) is 5. The summed E-state index contributed by atoms with van der Waals surface area (Å²) in [7, 11) is -3.13. The molecule has 3 saturated heterocycles. The first-order valence-corrected chi connectivity index (χ1v) is 18.7. The Labute approximate surface area is 247 Å². The highest BCUT2D eigenvalue weighted by Crippen LogP contribution is 2.47. The fourth-order valence-corrected chi connectivity index (χ4v) is 10.3. The third-order valence-corrected chi connectivity index (χ3v) is 12.2. The quantitative estimate of drug-likeness (QED) is 0.454. The molecule has 0 spiro atoms. The summed E-state index contributed by atoms with van der Waals surface area (Å²) in [4.78, 5) is 10.8. The van der Waals surface area contributed by atoms with E-state index < -0.39 is 10.0 Å². The van der Waals surface area contributed by atoms with Gasteiger partial charge in [-0.3, -0.25) is 4.90 Å². The van der Waals surface area contributed by atoms with Gasteiger partial charge in [-0.15, -0.1) is 0 Å². The van der Waals surface area contributed by atoms with Gasteiger partial charge in [0.25, 0.3) is 0 Å². The summed E-state index contributed by atoms with van der Waals surface area (Å²) in [5.41, 5.74) is 2.48. The number of benzene rings is 1. The van der Waals surface area contributed by atoms with E-state index in [0.29, 0.717) is 18.5 Å². The zero-order valence-electron chi connectivity index (χ0n) is 25.1. The summed E-state index contributed by atoms with van der Waals surface area (Å²) in [6.07, 6.45) is 20.5. The van der Waals surface area contributed by atoms with Crippen molar-refractivity contribution in [3.63, 3.8) is 0 Å². The summed E-state index contributed by atoms with van der Waals surface area (Å²) in [6, 6.07) is 11.7. The number of rotatable bonds is 8. The van der Waals surface area contributed by atoms with Crippen LogP contribution in [0.2, 0.25) is 0 Å². The number of piperidine rings is 2. The van der Waals surface area contributed by atoms with Gasteiger partial charge in [-0.2, -0.15) is 0 Å². The molecule has 1 aromatic carbocycles. The number of para-hydroxylation sites is 2. The van der Waals surface area contributed by atoms with E-state index in [4.69, 9.17) is 4.98 Å². The Balaban J connectivity index is 1.08. The Hall–Kier alpha value is -1.48. The minimum atomic E-state index is -3.13. The van der Waals surface area contributed by atoms with E-state index in [1.165, 1.54) is 94.6 Å². The zero-order valence-corrected chi connectivity index (χ0v) is 25.9. The number of fused-ring (bicyclic) bond motifs is 5. The maximum absolute atomic E-state index is 11.5. The van der Waals surface area contributed by atoms with Gasteiger partial charge in [0.15, 0.2) is 0 Å². The van der Waals surface area contributed by atoms with Crippen molar-refractivity contribution in [2.75, 3.05) is 32.4 Å². The zero-order chi connectivity index (χ0) is 28.0. The van der Waals surface area contributed by atoms with Crippen LogP contribution in [-0.4, -0.2) is 78.3 Å². The number of aromatic nitrogens is 2. The Morgan fingerprint density at radius 1 is 0.854 bits per heavy atom. The lowest BCUT2D eigenvalue weighted by molar-refractivity contribution is -0.0420. The molecule has 1 aromatic heterocycles. The number of likely N-dealkylation sites (tertiary alicyclic amines) is 1. The molecule has 2 saturated carbocycles. The molecule has 1 N–H and O–H groups in total. The molecular weight excluding hydrogens is 530 g/mol. The monoisotopic (exact) mass is 581 g/mol. The van der Waals surface area contributed by atoms with Crippen molar-refractivity contribution < 1.29 is 8.42 Å². The van der Waals surface area contributed by atoms with Crippen molar-refractivity contribution in [3.8, 4) is 0 Å². The van der Waals surface area contributed by atoms with Crippen LogP contribution < -0.4 is 4.72 Å². The lowest BCUT2D eigenvalue weighted by Gasteiger charge is -2.54. The normalized spacial score (nSPS) is 35.1. The Morgan fingerprint density at radius 3 is 2.32 bits per heavy atom. The molecule has 2 aromatic rings. The number of nitrogens with one attached hydrogen (secondary N) is 1. The minimum absolute atomic E-state index is 0.494. The highest BCUT2D eigenvalue weighted by molar-refractivity contribution is 7.88. The average molecular weight is 582 g/mol. The van der Waals surface area contributed by atoms with Gasteiger partial charge in [-0.05, 0) is 87.8 Å². The van der Waals surface area contributed by atoms with Gasteiger partial charge in [0.2, 0.25) is 10.0 Å². The van der Waals surface area contributed by atoms with Crippen molar-refractivity contribution >= 4 is 21.1 Å². The van der Waals surface area contributed by atoms with E-state index in [0.717, 1.165) is 68.0 Å². The van der Waals surface area contributed by atoms with Crippen LogP contribution in [0.1, 0.15) is 95.3 Å². The molecule has 41 heavy (non-hydrogen) atoms. The molecule has 5 aliphatic rings. The van der Waals surface area contributed by atoms with Gasteiger partial charge < -0.3 is 9.47 Å². The fourth-order valence-electron chi connectivity index (χ4n) is 9.88. The van der Waals surface area contributed by atoms with E-state index in [2.05, 4.69) is 43.4 Å². The molecular formula is C33H51N5O2S. The second-order valence-corrected chi connectivity index (χ2v) is 16.2. The predicted molar refractivity (Wildman–Crippen MR) is 165 cm³/mol. The van der Waals surface area contributed by atoms with Crippen molar-refractivity contribution in [1.29, 1.82) is 0 Å². The molecule has 4 heterocycles. The maximum Gasteiger partial charge on any atom is 0.208 e. The molecule has 2 aliphatic carbocycles. The number of hydrogen-bond donors (Lipinski definition) is 1. The molecule has 5 atom stereocenters. The lowest BCUT2D eigenvalue weighted by atomic mass is 9.73. The van der Waals surface area contributed by atoms with E-state index in [9.17, 15) is 8.42 Å². The summed E-state index contributed by atoms with van der Waals surface area (Å²) < 4.78 is 28.3. The van der Waals surface area contributed by atoms with Crippen LogP contribution in [-0.2, 0) is 16.4 Å². The Bertz CT molecular complexity index is 1280. The van der Waals surface area contributed by atoms with Gasteiger partial charge in [0.05, 0.1) is 17.3 Å². The van der Waals surface area contributed by atoms with Crippen LogP contribution in [0.3, 0.4) is 0 Å². The van der Waals surface area contributed by atoms with Crippen LogP contribution in [0.4, 0.5) is 0 Å². The van der Waals surface area contributed by atoms with Gasteiger partial charge in [-0.1, -0.05) is 44.2 Å². The first kappa shape index (κ1) is 28.3. The van der Waals surface area contributed by atoms with E-state index in [1.54, 1.807) is 0 Å². The van der Waals surface area contributed by atoms with Crippen LogP contribution in [0.25, 0.3) is 11.0 Å². The molecule has 8 heteroatoms. The highest BCUT2D eigenvalue weighted by atomic mass is 32.2. The smallest absolute Gasteiger partial charge is 0.208 e. The second kappa shape index (κ2) is 11.9.